The molecular formula is C15H20O3. The minimum Gasteiger partial charge on any atom is -0.493 e. The number of methoxy groups -OCH3 is 1. The van der Waals surface area contributed by atoms with Gasteiger partial charge in [0.2, 0.25) is 0 Å². The van der Waals surface area contributed by atoms with Crippen LogP contribution in [0.15, 0.2) is 24.3 Å². The summed E-state index contributed by atoms with van der Waals surface area (Å²) in [5, 5.41) is 0. The number of hydrogen-bond donors (Lipinski definition) is 0. The highest BCUT2D eigenvalue weighted by Gasteiger charge is 2.02. The molecule has 0 spiro atoms. The molecule has 0 saturated carbocycles. The largest absolute Gasteiger partial charge is 0.493 e. The number of hydrogen-bond acceptors (Lipinski definition) is 3. The van der Waals surface area contributed by atoms with Gasteiger partial charge in [0.1, 0.15) is 5.75 Å². The molecular weight excluding hydrogens is 228 g/mol. The maximum atomic E-state index is 11.0. The lowest BCUT2D eigenvalue weighted by Crippen LogP contribution is -2.05. The van der Waals surface area contributed by atoms with Crippen LogP contribution in [0.2, 0.25) is 0 Å². The second-order valence-corrected chi connectivity index (χ2v) is 4.59. The summed E-state index contributed by atoms with van der Waals surface area (Å²) in [6, 6.07) is 5.85. The Hall–Kier alpha value is -1.77. The molecule has 3 heteroatoms. The molecule has 18 heavy (non-hydrogen) atoms. The quantitative estimate of drug-likeness (QED) is 0.593. The molecule has 0 radical (unpaired) electrons. The Morgan fingerprint density at radius 2 is 2.11 bits per heavy atom. The van der Waals surface area contributed by atoms with Crippen LogP contribution in [-0.4, -0.2) is 19.7 Å². The minimum absolute atomic E-state index is 0.361. The Morgan fingerprint density at radius 3 is 2.72 bits per heavy atom. The van der Waals surface area contributed by atoms with Crippen molar-refractivity contribution in [1.82, 2.24) is 0 Å². The van der Waals surface area contributed by atoms with Crippen LogP contribution in [0.5, 0.6) is 5.75 Å². The molecule has 98 valence electrons. The molecule has 3 nitrogen and oxygen atoms in total. The number of aryl methyl sites for hydroxylation is 1. The lowest BCUT2D eigenvalue weighted by atomic mass is 10.1. The zero-order valence-electron chi connectivity index (χ0n) is 11.4. The highest BCUT2D eigenvalue weighted by molar-refractivity contribution is 5.87. The molecule has 0 bridgehead atoms. The van der Waals surface area contributed by atoms with E-state index >= 15 is 0 Å². The fourth-order valence-electron chi connectivity index (χ4n) is 1.36. The molecule has 0 aliphatic rings. The van der Waals surface area contributed by atoms with Crippen molar-refractivity contribution < 1.29 is 14.3 Å². The Bertz CT molecular complexity index is 433. The second-order valence-electron chi connectivity index (χ2n) is 4.59. The summed E-state index contributed by atoms with van der Waals surface area (Å²) >= 11 is 0. The molecule has 0 aliphatic carbocycles. The summed E-state index contributed by atoms with van der Waals surface area (Å²) in [5.74, 6) is 0.981. The highest BCUT2D eigenvalue weighted by atomic mass is 16.5. The van der Waals surface area contributed by atoms with Crippen molar-refractivity contribution in [3.05, 3.63) is 35.4 Å². The lowest BCUT2D eigenvalue weighted by molar-refractivity contribution is -0.134. The Morgan fingerprint density at radius 1 is 1.39 bits per heavy atom. The van der Waals surface area contributed by atoms with Gasteiger partial charge in [-0.05, 0) is 36.1 Å². The molecule has 0 fully saturated rings. The van der Waals surface area contributed by atoms with Crippen molar-refractivity contribution in [2.45, 2.75) is 20.8 Å². The molecule has 1 rings (SSSR count). The third-order valence-electron chi connectivity index (χ3n) is 2.40. The molecule has 0 saturated heterocycles. The van der Waals surface area contributed by atoms with E-state index in [9.17, 15) is 4.79 Å². The van der Waals surface area contributed by atoms with Gasteiger partial charge < -0.3 is 9.47 Å². The van der Waals surface area contributed by atoms with Gasteiger partial charge in [0.15, 0.2) is 0 Å². The summed E-state index contributed by atoms with van der Waals surface area (Å²) in [5.41, 5.74) is 2.01. The number of esters is 1. The SMILES string of the molecule is COC(=O)C=Cc1ccc(C)c(OCC(C)C)c1. The first-order valence-electron chi connectivity index (χ1n) is 6.02. The molecule has 0 aliphatic heterocycles. The van der Waals surface area contributed by atoms with Crippen LogP contribution in [0.4, 0.5) is 0 Å². The van der Waals surface area contributed by atoms with Gasteiger partial charge in [0.05, 0.1) is 13.7 Å². The van der Waals surface area contributed by atoms with E-state index in [1.165, 1.54) is 13.2 Å². The summed E-state index contributed by atoms with van der Waals surface area (Å²) < 4.78 is 10.3. The summed E-state index contributed by atoms with van der Waals surface area (Å²) in [4.78, 5) is 11.0. The van der Waals surface area contributed by atoms with Gasteiger partial charge in [0.25, 0.3) is 0 Å². The van der Waals surface area contributed by atoms with E-state index in [1.54, 1.807) is 6.08 Å². The third-order valence-corrected chi connectivity index (χ3v) is 2.40. The van der Waals surface area contributed by atoms with E-state index in [-0.39, 0.29) is 5.97 Å². The fourth-order valence-corrected chi connectivity index (χ4v) is 1.36. The van der Waals surface area contributed by atoms with E-state index in [1.807, 2.05) is 25.1 Å². The van der Waals surface area contributed by atoms with E-state index < -0.39 is 0 Å². The van der Waals surface area contributed by atoms with Crippen molar-refractivity contribution in [3.63, 3.8) is 0 Å². The van der Waals surface area contributed by atoms with E-state index in [0.717, 1.165) is 16.9 Å². The molecule has 1 aromatic carbocycles. The fraction of sp³-hybridized carbons (Fsp3) is 0.400. The van der Waals surface area contributed by atoms with Crippen molar-refractivity contribution in [2.75, 3.05) is 13.7 Å². The summed E-state index contributed by atoms with van der Waals surface area (Å²) in [6.07, 6.45) is 3.12. The van der Waals surface area contributed by atoms with Crippen LogP contribution in [0.25, 0.3) is 6.08 Å². The van der Waals surface area contributed by atoms with Gasteiger partial charge in [-0.15, -0.1) is 0 Å². The zero-order chi connectivity index (χ0) is 13.5. The van der Waals surface area contributed by atoms with Crippen molar-refractivity contribution >= 4 is 12.0 Å². The Kier molecular flexibility index (Phi) is 5.43. The first-order valence-corrected chi connectivity index (χ1v) is 6.02. The average Bonchev–Trinajstić information content (AvgIpc) is 2.35. The summed E-state index contributed by atoms with van der Waals surface area (Å²) in [6.45, 7) is 6.90. The second kappa shape index (κ2) is 6.84. The monoisotopic (exact) mass is 248 g/mol. The van der Waals surface area contributed by atoms with E-state index in [2.05, 4.69) is 18.6 Å². The molecule has 1 aromatic rings. The number of benzene rings is 1. The maximum Gasteiger partial charge on any atom is 0.330 e. The molecule has 0 heterocycles. The van der Waals surface area contributed by atoms with E-state index in [4.69, 9.17) is 4.74 Å². The van der Waals surface area contributed by atoms with Gasteiger partial charge in [-0.1, -0.05) is 26.0 Å². The first kappa shape index (κ1) is 14.3. The number of carbonyl (C=O) groups is 1. The maximum absolute atomic E-state index is 11.0. The molecule has 0 unspecified atom stereocenters. The molecule has 0 N–H and O–H groups in total. The van der Waals surface area contributed by atoms with Crippen molar-refractivity contribution in [1.29, 1.82) is 0 Å². The topological polar surface area (TPSA) is 35.5 Å². The van der Waals surface area contributed by atoms with Gasteiger partial charge in [-0.2, -0.15) is 0 Å². The van der Waals surface area contributed by atoms with Crippen LogP contribution >= 0.6 is 0 Å². The zero-order valence-corrected chi connectivity index (χ0v) is 11.4. The number of ether oxygens (including phenoxy) is 2. The highest BCUT2D eigenvalue weighted by Crippen LogP contribution is 2.21. The molecule has 0 aromatic heterocycles. The average molecular weight is 248 g/mol. The van der Waals surface area contributed by atoms with Gasteiger partial charge in [0, 0.05) is 6.08 Å². The van der Waals surface area contributed by atoms with Crippen LogP contribution in [0.1, 0.15) is 25.0 Å². The van der Waals surface area contributed by atoms with Gasteiger partial charge >= 0.3 is 5.97 Å². The molecule has 0 atom stereocenters. The first-order chi connectivity index (χ1) is 8.52. The van der Waals surface area contributed by atoms with Crippen LogP contribution in [0, 0.1) is 12.8 Å². The molecule has 0 amide bonds. The van der Waals surface area contributed by atoms with Crippen LogP contribution in [-0.2, 0) is 9.53 Å². The predicted molar refractivity (Wildman–Crippen MR) is 72.6 cm³/mol. The lowest BCUT2D eigenvalue weighted by Gasteiger charge is -2.11. The standard InChI is InChI=1S/C15H20O3/c1-11(2)10-18-14-9-13(6-5-12(14)3)7-8-15(16)17-4/h5-9,11H,10H2,1-4H3. The van der Waals surface area contributed by atoms with Crippen LogP contribution in [0.3, 0.4) is 0 Å². The number of rotatable bonds is 5. The normalized spacial score (nSPS) is 10.9. The Labute approximate surface area is 108 Å². The smallest absolute Gasteiger partial charge is 0.330 e. The number of carbonyl (C=O) groups excluding carboxylic acids is 1. The van der Waals surface area contributed by atoms with Gasteiger partial charge in [-0.3, -0.25) is 0 Å². The van der Waals surface area contributed by atoms with Crippen LogP contribution < -0.4 is 4.74 Å². The Balaban J connectivity index is 2.80. The predicted octanol–water partition coefficient (Wildman–Crippen LogP) is 3.22. The van der Waals surface area contributed by atoms with Crippen molar-refractivity contribution in [2.24, 2.45) is 5.92 Å². The van der Waals surface area contributed by atoms with E-state index in [0.29, 0.717) is 12.5 Å². The third kappa shape index (κ3) is 4.62. The van der Waals surface area contributed by atoms with Crippen molar-refractivity contribution in [3.8, 4) is 5.75 Å². The minimum atomic E-state index is -0.361. The van der Waals surface area contributed by atoms with Gasteiger partial charge in [-0.25, -0.2) is 4.79 Å². The summed E-state index contributed by atoms with van der Waals surface area (Å²) in [7, 11) is 1.36.